The van der Waals surface area contributed by atoms with Gasteiger partial charge in [0.2, 0.25) is 5.69 Å². The number of carbonyl (C=O) groups excluding carboxylic acids is 1. The summed E-state index contributed by atoms with van der Waals surface area (Å²) in [7, 11) is 0. The van der Waals surface area contributed by atoms with Gasteiger partial charge in [0.05, 0.1) is 18.4 Å². The Hall–Kier alpha value is -2.98. The number of fused-ring (bicyclic) bond motifs is 1. The third kappa shape index (κ3) is 4.14. The molecule has 1 saturated heterocycles. The van der Waals surface area contributed by atoms with Crippen molar-refractivity contribution in [3.63, 3.8) is 0 Å². The van der Waals surface area contributed by atoms with E-state index < -0.39 is 18.1 Å². The first-order valence-electron chi connectivity index (χ1n) is 9.64. The van der Waals surface area contributed by atoms with Crippen LogP contribution < -0.4 is 14.6 Å². The average Bonchev–Trinajstić information content (AvgIpc) is 3.30. The number of aliphatic hydroxyl groups excluding tert-OH is 1. The number of hydrogen-bond acceptors (Lipinski definition) is 3. The maximum absolute atomic E-state index is 13.6. The number of hydrogen-bond donors (Lipinski definition) is 4. The number of aliphatic hydroxyl groups is 1. The van der Waals surface area contributed by atoms with E-state index in [1.807, 2.05) is 0 Å². The number of halogens is 3. The molecule has 3 atom stereocenters. The zero-order valence-corrected chi connectivity index (χ0v) is 16.0. The molecule has 0 spiro atoms. The molecule has 158 valence electrons. The van der Waals surface area contributed by atoms with Crippen LogP contribution >= 0.6 is 0 Å². The Kier molecular flexibility index (Phi) is 5.44. The van der Waals surface area contributed by atoms with E-state index in [0.29, 0.717) is 30.9 Å². The van der Waals surface area contributed by atoms with Crippen molar-refractivity contribution in [1.82, 2.24) is 15.3 Å². The number of alkyl halides is 3. The molecule has 4 heterocycles. The van der Waals surface area contributed by atoms with Gasteiger partial charge in [0.1, 0.15) is 12.6 Å². The van der Waals surface area contributed by atoms with Gasteiger partial charge in [-0.3, -0.25) is 9.78 Å². The lowest BCUT2D eigenvalue weighted by Crippen LogP contribution is -3.09. The molecular weight excluding hydrogens is 399 g/mol. The van der Waals surface area contributed by atoms with Crippen molar-refractivity contribution in [3.8, 4) is 0 Å². The van der Waals surface area contributed by atoms with E-state index in [9.17, 15) is 23.1 Å². The minimum absolute atomic E-state index is 0.0509. The van der Waals surface area contributed by atoms with Crippen LogP contribution in [0.5, 0.6) is 0 Å². The smallest absolute Gasteiger partial charge is 0.387 e. The number of carbonyl (C=O) groups is 1. The van der Waals surface area contributed by atoms with Crippen molar-refractivity contribution in [2.24, 2.45) is 0 Å². The van der Waals surface area contributed by atoms with Gasteiger partial charge in [-0.25, -0.2) is 4.98 Å². The zero-order chi connectivity index (χ0) is 21.3. The van der Waals surface area contributed by atoms with Crippen molar-refractivity contribution in [2.75, 3.05) is 13.1 Å². The molecule has 1 amide bonds. The van der Waals surface area contributed by atoms with Gasteiger partial charge in [-0.15, -0.1) is 0 Å². The molecule has 0 saturated carbocycles. The van der Waals surface area contributed by atoms with E-state index in [-0.39, 0.29) is 17.5 Å². The number of aromatic nitrogens is 3. The van der Waals surface area contributed by atoms with Gasteiger partial charge in [0, 0.05) is 12.6 Å². The van der Waals surface area contributed by atoms with Gasteiger partial charge in [0.15, 0.2) is 18.1 Å². The summed E-state index contributed by atoms with van der Waals surface area (Å²) >= 11 is 0. The van der Waals surface area contributed by atoms with E-state index in [0.717, 1.165) is 11.4 Å². The summed E-state index contributed by atoms with van der Waals surface area (Å²) in [6.07, 6.45) is -1.35. The predicted molar refractivity (Wildman–Crippen MR) is 99.5 cm³/mol. The molecule has 0 aromatic carbocycles. The van der Waals surface area contributed by atoms with Crippen LogP contribution in [0.25, 0.3) is 5.52 Å². The Bertz CT molecular complexity index is 1040. The van der Waals surface area contributed by atoms with Crippen LogP contribution in [0.4, 0.5) is 13.2 Å². The van der Waals surface area contributed by atoms with E-state index in [1.54, 1.807) is 28.8 Å². The fraction of sp³-hybridized carbons (Fsp3) is 0.350. The first-order valence-corrected chi connectivity index (χ1v) is 9.64. The van der Waals surface area contributed by atoms with Gasteiger partial charge < -0.3 is 15.3 Å². The van der Waals surface area contributed by atoms with Crippen LogP contribution in [0.3, 0.4) is 0 Å². The first-order chi connectivity index (χ1) is 14.3. The highest BCUT2D eigenvalue weighted by Gasteiger charge is 2.44. The van der Waals surface area contributed by atoms with Crippen LogP contribution in [0, 0.1) is 0 Å². The number of aromatic amines is 1. The van der Waals surface area contributed by atoms with Crippen LogP contribution in [0.1, 0.15) is 34.5 Å². The number of amides is 1. The van der Waals surface area contributed by atoms with Crippen LogP contribution in [-0.2, 0) is 6.54 Å². The van der Waals surface area contributed by atoms with Crippen LogP contribution in [-0.4, -0.2) is 46.4 Å². The minimum Gasteiger partial charge on any atom is -0.387 e. The number of nitrogens with one attached hydrogen (secondary N) is 3. The molecule has 4 N–H and O–H groups in total. The fourth-order valence-electron chi connectivity index (χ4n) is 3.83. The predicted octanol–water partition coefficient (Wildman–Crippen LogP) is 0.331. The Labute approximate surface area is 170 Å². The molecule has 1 aliphatic heterocycles. The van der Waals surface area contributed by atoms with Crippen molar-refractivity contribution in [1.29, 1.82) is 0 Å². The highest BCUT2D eigenvalue weighted by atomic mass is 19.4. The summed E-state index contributed by atoms with van der Waals surface area (Å²) in [4.78, 5) is 20.8. The van der Waals surface area contributed by atoms with E-state index in [2.05, 4.69) is 15.3 Å². The maximum atomic E-state index is 13.6. The maximum Gasteiger partial charge on any atom is 0.414 e. The molecule has 4 rings (SSSR count). The summed E-state index contributed by atoms with van der Waals surface area (Å²) in [6.45, 7) is 1.89. The summed E-state index contributed by atoms with van der Waals surface area (Å²) in [5.74, 6) is -0.185. The van der Waals surface area contributed by atoms with Gasteiger partial charge >= 0.3 is 12.0 Å². The molecular formula is C20H22F3N5O2+2. The molecule has 0 aliphatic carbocycles. The summed E-state index contributed by atoms with van der Waals surface area (Å²) < 4.78 is 42.6. The van der Waals surface area contributed by atoms with Crippen molar-refractivity contribution in [2.45, 2.75) is 31.3 Å². The summed E-state index contributed by atoms with van der Waals surface area (Å²) in [5, 5.41) is 11.8. The normalized spacial score (nSPS) is 20.4. The zero-order valence-electron chi connectivity index (χ0n) is 16.0. The van der Waals surface area contributed by atoms with E-state index in [1.165, 1.54) is 24.4 Å². The van der Waals surface area contributed by atoms with Crippen LogP contribution in [0.2, 0.25) is 0 Å². The second-order valence-corrected chi connectivity index (χ2v) is 7.43. The molecule has 3 aromatic rings. The quantitative estimate of drug-likeness (QED) is 0.448. The van der Waals surface area contributed by atoms with E-state index in [4.69, 9.17) is 0 Å². The largest absolute Gasteiger partial charge is 0.414 e. The second kappa shape index (κ2) is 8.04. The van der Waals surface area contributed by atoms with Gasteiger partial charge in [-0.2, -0.15) is 17.6 Å². The Morgan fingerprint density at radius 1 is 1.33 bits per heavy atom. The molecule has 1 aliphatic rings. The number of likely N-dealkylation sites (tertiary alicyclic amines) is 1. The third-order valence-corrected chi connectivity index (χ3v) is 5.26. The van der Waals surface area contributed by atoms with Crippen molar-refractivity contribution in [3.05, 3.63) is 66.0 Å². The molecule has 1 fully saturated rings. The third-order valence-electron chi connectivity index (χ3n) is 5.26. The molecule has 10 heteroatoms. The number of pyridine rings is 2. The Morgan fingerprint density at radius 3 is 2.80 bits per heavy atom. The number of imidazole rings is 1. The Morgan fingerprint density at radius 2 is 2.13 bits per heavy atom. The van der Waals surface area contributed by atoms with E-state index >= 15 is 0 Å². The van der Waals surface area contributed by atoms with Gasteiger partial charge in [-0.1, -0.05) is 12.1 Å². The number of H-pyrrole nitrogens is 1. The second-order valence-electron chi connectivity index (χ2n) is 7.43. The molecule has 7 nitrogen and oxygen atoms in total. The lowest BCUT2D eigenvalue weighted by atomic mass is 10.1. The number of nitrogens with zero attached hydrogens (tertiary/aromatic N) is 2. The molecule has 30 heavy (non-hydrogen) atoms. The standard InChI is InChI=1S/C20H20F3N5O2/c21-20(22,23)18(14-5-1-3-8-24-14)26-19(30)17-15-6-2-4-9-28(15)16(25-17)12-27-10-7-13(29)11-27/h1-6,8-9,13,18,29H,7,10-12H2,(H,26,30)/p+2. The summed E-state index contributed by atoms with van der Waals surface area (Å²) in [6, 6.07) is 7.14. The Balaban J connectivity index is 1.64. The van der Waals surface area contributed by atoms with Crippen molar-refractivity contribution < 1.29 is 32.4 Å². The minimum atomic E-state index is -4.70. The monoisotopic (exact) mass is 421 g/mol. The molecule has 3 unspecified atom stereocenters. The summed E-state index contributed by atoms with van der Waals surface area (Å²) in [5.41, 5.74) is 0.249. The lowest BCUT2D eigenvalue weighted by Gasteiger charge is -2.20. The molecule has 0 radical (unpaired) electrons. The highest BCUT2D eigenvalue weighted by Crippen LogP contribution is 2.31. The highest BCUT2D eigenvalue weighted by molar-refractivity contribution is 5.98. The fourth-order valence-corrected chi connectivity index (χ4v) is 3.83. The number of quaternary nitrogens is 1. The molecule has 0 bridgehead atoms. The SMILES string of the molecule is O=C(NC(c1ccccn1)C(F)(F)F)c1[nH]c(C[NH+]2CCC(O)C2)[n+]2ccccc12. The average molecular weight is 421 g/mol. The number of rotatable bonds is 5. The van der Waals surface area contributed by atoms with Crippen LogP contribution in [0.15, 0.2) is 48.8 Å². The van der Waals surface area contributed by atoms with Gasteiger partial charge in [0.25, 0.3) is 5.91 Å². The first kappa shape index (κ1) is 20.3. The van der Waals surface area contributed by atoms with Gasteiger partial charge in [-0.05, 0) is 24.3 Å². The van der Waals surface area contributed by atoms with Crippen molar-refractivity contribution >= 4 is 11.4 Å². The topological polar surface area (TPSA) is 86.5 Å². The lowest BCUT2D eigenvalue weighted by molar-refractivity contribution is -0.908. The molecule has 3 aromatic heterocycles.